The second-order valence-electron chi connectivity index (χ2n) is 9.65. The first kappa shape index (κ1) is 26.3. The fourth-order valence-corrected chi connectivity index (χ4v) is 6.25. The van der Waals surface area contributed by atoms with Crippen molar-refractivity contribution in [3.05, 3.63) is 23.8 Å². The Kier molecular flexibility index (Phi) is 8.82. The zero-order valence-electron chi connectivity index (χ0n) is 19.4. The number of aliphatic hydroxyl groups excluding tert-OH is 2. The fourth-order valence-electron chi connectivity index (χ4n) is 6.25. The fraction of sp³-hybridized carbons (Fsp3) is 0.720. The van der Waals surface area contributed by atoms with E-state index in [4.69, 9.17) is 10.2 Å². The molecule has 0 aromatic heterocycles. The van der Waals surface area contributed by atoms with Crippen LogP contribution in [-0.4, -0.2) is 50.9 Å². The maximum absolute atomic E-state index is 11.7. The van der Waals surface area contributed by atoms with Crippen LogP contribution in [0.1, 0.15) is 72.1 Å². The number of carbonyl (C=O) groups is 3. The van der Waals surface area contributed by atoms with Crippen molar-refractivity contribution in [2.24, 2.45) is 28.6 Å². The number of ketones is 1. The minimum atomic E-state index is -0.745. The minimum absolute atomic E-state index is 0.0627. The van der Waals surface area contributed by atoms with Gasteiger partial charge in [-0.15, -0.1) is 0 Å². The highest BCUT2D eigenvalue weighted by molar-refractivity contribution is 6.01. The zero-order valence-corrected chi connectivity index (χ0v) is 19.4. The topological polar surface area (TPSA) is 132 Å². The van der Waals surface area contributed by atoms with Gasteiger partial charge >= 0.3 is 11.9 Å². The average molecular weight is 451 g/mol. The molecule has 3 fully saturated rings. The molecule has 0 aromatic carbocycles. The van der Waals surface area contributed by atoms with Gasteiger partial charge in [0.05, 0.1) is 12.7 Å². The van der Waals surface area contributed by atoms with Crippen LogP contribution in [0.3, 0.4) is 0 Å². The Morgan fingerprint density at radius 1 is 1.03 bits per heavy atom. The highest BCUT2D eigenvalue weighted by Crippen LogP contribution is 2.64. The second kappa shape index (κ2) is 10.8. The first-order valence-corrected chi connectivity index (χ1v) is 11.7. The lowest BCUT2D eigenvalue weighted by Crippen LogP contribution is -2.52. The molecule has 0 spiro atoms. The predicted molar refractivity (Wildman–Crippen MR) is 120 cm³/mol. The Morgan fingerprint density at radius 3 is 2.16 bits per heavy atom. The van der Waals surface area contributed by atoms with Crippen LogP contribution in [0.2, 0.25) is 0 Å². The lowest BCUT2D eigenvalue weighted by atomic mass is 9.48. The third-order valence-electron chi connectivity index (χ3n) is 8.12. The molecule has 0 amide bonds. The maximum Gasteiger partial charge on any atom is 0.303 e. The highest BCUT2D eigenvalue weighted by Gasteiger charge is 2.59. The van der Waals surface area contributed by atoms with E-state index < -0.39 is 11.9 Å². The Hall–Kier alpha value is -1.99. The van der Waals surface area contributed by atoms with Crippen molar-refractivity contribution in [1.82, 2.24) is 0 Å². The van der Waals surface area contributed by atoms with Gasteiger partial charge in [-0.2, -0.15) is 0 Å². The summed E-state index contributed by atoms with van der Waals surface area (Å²) in [5.74, 6) is 0.130. The zero-order chi connectivity index (χ0) is 24.1. The summed E-state index contributed by atoms with van der Waals surface area (Å²) in [6.07, 6.45) is 11.8. The van der Waals surface area contributed by atoms with Crippen LogP contribution in [0, 0.1) is 28.6 Å². The van der Waals surface area contributed by atoms with Gasteiger partial charge in [0.15, 0.2) is 5.78 Å². The van der Waals surface area contributed by atoms with E-state index in [0.29, 0.717) is 17.8 Å². The Labute approximate surface area is 190 Å². The maximum atomic E-state index is 11.7. The molecular weight excluding hydrogens is 412 g/mol. The molecule has 32 heavy (non-hydrogen) atoms. The van der Waals surface area contributed by atoms with Gasteiger partial charge in [-0.05, 0) is 73.8 Å². The summed E-state index contributed by atoms with van der Waals surface area (Å²) >= 11 is 0. The monoisotopic (exact) mass is 450 g/mol. The number of rotatable bonds is 3. The van der Waals surface area contributed by atoms with Crippen molar-refractivity contribution in [3.63, 3.8) is 0 Å². The number of hydrogen-bond acceptors (Lipinski definition) is 5. The first-order chi connectivity index (χ1) is 15.0. The van der Waals surface area contributed by atoms with E-state index in [-0.39, 0.29) is 42.2 Å². The summed E-state index contributed by atoms with van der Waals surface area (Å²) in [4.78, 5) is 30.5. The summed E-state index contributed by atoms with van der Waals surface area (Å²) < 4.78 is 0. The molecule has 7 heteroatoms. The van der Waals surface area contributed by atoms with Crippen molar-refractivity contribution in [1.29, 1.82) is 0 Å². The smallest absolute Gasteiger partial charge is 0.303 e. The molecule has 0 unspecified atom stereocenters. The average Bonchev–Trinajstić information content (AvgIpc) is 3.08. The summed E-state index contributed by atoms with van der Waals surface area (Å²) in [5.41, 5.74) is 0.893. The normalized spacial score (nSPS) is 36.8. The van der Waals surface area contributed by atoms with Crippen LogP contribution in [0.4, 0.5) is 0 Å². The standard InChI is InChI=1S/C19H26O3.2C3H6O2/c1-18-8-7-16-14(15(18)4-5-17(18)22)3-2-12-10-13(21)6-9-19(12,16)11-20;2*1-2-3(4)5/h6,9-10,14-17,20,22H,2-5,7-8,11H2,1H3;2*2H2,1H3,(H,4,5)/t14-,15-,16-,17-,18-,19+;;/m0../s1. The molecule has 3 saturated carbocycles. The summed E-state index contributed by atoms with van der Waals surface area (Å²) in [5, 5.41) is 36.1. The van der Waals surface area contributed by atoms with Gasteiger partial charge in [0.25, 0.3) is 0 Å². The molecule has 0 bridgehead atoms. The number of allylic oxidation sites excluding steroid dienone is 2. The quantitative estimate of drug-likeness (QED) is 0.516. The molecule has 0 aromatic rings. The van der Waals surface area contributed by atoms with E-state index in [1.165, 1.54) is 0 Å². The van der Waals surface area contributed by atoms with Gasteiger partial charge < -0.3 is 20.4 Å². The first-order valence-electron chi connectivity index (χ1n) is 11.7. The van der Waals surface area contributed by atoms with Gasteiger partial charge in [0.2, 0.25) is 0 Å². The van der Waals surface area contributed by atoms with Gasteiger partial charge in [-0.25, -0.2) is 0 Å². The van der Waals surface area contributed by atoms with E-state index in [2.05, 4.69) is 6.92 Å². The van der Waals surface area contributed by atoms with Crippen molar-refractivity contribution < 1.29 is 34.8 Å². The lowest BCUT2D eigenvalue weighted by Gasteiger charge is -2.57. The Balaban J connectivity index is 0.000000308. The molecule has 7 nitrogen and oxygen atoms in total. The summed E-state index contributed by atoms with van der Waals surface area (Å²) in [6.45, 7) is 5.57. The number of carboxylic acids is 2. The van der Waals surface area contributed by atoms with Gasteiger partial charge in [-0.1, -0.05) is 32.4 Å². The number of fused-ring (bicyclic) bond motifs is 5. The number of aliphatic carboxylic acids is 2. The van der Waals surface area contributed by atoms with E-state index in [9.17, 15) is 24.6 Å². The largest absolute Gasteiger partial charge is 0.481 e. The number of aliphatic hydroxyl groups is 2. The Bertz CT molecular complexity index is 756. The number of carboxylic acid groups (broad SMARTS) is 2. The minimum Gasteiger partial charge on any atom is -0.481 e. The van der Waals surface area contributed by atoms with Crippen LogP contribution in [0.25, 0.3) is 0 Å². The molecule has 0 heterocycles. The lowest BCUT2D eigenvalue weighted by molar-refractivity contribution is -0.137. The van der Waals surface area contributed by atoms with E-state index in [0.717, 1.165) is 44.1 Å². The van der Waals surface area contributed by atoms with Crippen molar-refractivity contribution >= 4 is 17.7 Å². The molecule has 0 radical (unpaired) electrons. The number of carbonyl (C=O) groups excluding carboxylic acids is 1. The number of hydrogen-bond donors (Lipinski definition) is 4. The summed E-state index contributed by atoms with van der Waals surface area (Å²) in [6, 6.07) is 0. The highest BCUT2D eigenvalue weighted by atomic mass is 16.4. The Morgan fingerprint density at radius 2 is 1.62 bits per heavy atom. The molecule has 0 aliphatic heterocycles. The molecule has 6 atom stereocenters. The van der Waals surface area contributed by atoms with E-state index in [1.807, 2.05) is 6.08 Å². The molecule has 180 valence electrons. The third-order valence-corrected chi connectivity index (χ3v) is 8.12. The molecule has 4 N–H and O–H groups in total. The van der Waals surface area contributed by atoms with Gasteiger partial charge in [0, 0.05) is 18.3 Å². The second-order valence-corrected chi connectivity index (χ2v) is 9.65. The van der Waals surface area contributed by atoms with Crippen LogP contribution in [0.5, 0.6) is 0 Å². The van der Waals surface area contributed by atoms with Gasteiger partial charge in [0.1, 0.15) is 0 Å². The van der Waals surface area contributed by atoms with Crippen LogP contribution >= 0.6 is 0 Å². The molecule has 4 rings (SSSR count). The van der Waals surface area contributed by atoms with Crippen LogP contribution in [0.15, 0.2) is 23.8 Å². The molecule has 4 aliphatic rings. The third kappa shape index (κ3) is 5.15. The van der Waals surface area contributed by atoms with Gasteiger partial charge in [-0.3, -0.25) is 14.4 Å². The SMILES string of the molecule is CCC(=O)O.CCC(=O)O.C[C@]12CC[C@H]3[C@@H](CCC4=CC(=O)C=C[C@@]43CO)[C@@H]1CC[C@@H]2O. The molecule has 4 aliphatic carbocycles. The van der Waals surface area contributed by atoms with Crippen LogP contribution in [-0.2, 0) is 14.4 Å². The predicted octanol–water partition coefficient (Wildman–Crippen LogP) is 3.59. The van der Waals surface area contributed by atoms with Crippen molar-refractivity contribution in [3.8, 4) is 0 Å². The van der Waals surface area contributed by atoms with E-state index >= 15 is 0 Å². The van der Waals surface area contributed by atoms with Crippen molar-refractivity contribution in [2.45, 2.75) is 78.2 Å². The van der Waals surface area contributed by atoms with Crippen molar-refractivity contribution in [2.75, 3.05) is 6.61 Å². The summed E-state index contributed by atoms with van der Waals surface area (Å²) in [7, 11) is 0. The van der Waals surface area contributed by atoms with E-state index in [1.54, 1.807) is 26.0 Å². The van der Waals surface area contributed by atoms with Crippen LogP contribution < -0.4 is 0 Å². The molecule has 0 saturated heterocycles. The molecular formula is C25H38O7.